The van der Waals surface area contributed by atoms with Crippen LogP contribution >= 0.6 is 0 Å². The SMILES string of the molecule is CC(NCCN=[N+]=[N-])(C(N)=O)c1ccncc1. The fourth-order valence-corrected chi connectivity index (χ4v) is 1.42. The Morgan fingerprint density at radius 1 is 1.65 bits per heavy atom. The zero-order valence-corrected chi connectivity index (χ0v) is 9.50. The molecule has 0 fully saturated rings. The summed E-state index contributed by atoms with van der Waals surface area (Å²) in [5.74, 6) is -0.496. The number of pyridine rings is 1. The van der Waals surface area contributed by atoms with Crippen LogP contribution in [0.2, 0.25) is 0 Å². The van der Waals surface area contributed by atoms with Crippen LogP contribution < -0.4 is 11.1 Å². The van der Waals surface area contributed by atoms with Gasteiger partial charge in [-0.25, -0.2) is 0 Å². The minimum Gasteiger partial charge on any atom is -0.368 e. The van der Waals surface area contributed by atoms with E-state index in [1.807, 2.05) is 0 Å². The summed E-state index contributed by atoms with van der Waals surface area (Å²) in [5.41, 5.74) is 13.3. The molecule has 1 heterocycles. The maximum Gasteiger partial charge on any atom is 0.242 e. The van der Waals surface area contributed by atoms with Crippen LogP contribution in [-0.4, -0.2) is 24.0 Å². The first-order chi connectivity index (χ1) is 8.11. The highest BCUT2D eigenvalue weighted by Crippen LogP contribution is 2.19. The molecule has 0 aliphatic heterocycles. The van der Waals surface area contributed by atoms with E-state index in [1.54, 1.807) is 31.5 Å². The van der Waals surface area contributed by atoms with Crippen molar-refractivity contribution >= 4 is 5.91 Å². The van der Waals surface area contributed by atoms with Gasteiger partial charge in [0.15, 0.2) is 0 Å². The molecule has 0 aliphatic rings. The molecule has 0 saturated heterocycles. The minimum absolute atomic E-state index is 0.254. The predicted octanol–water partition coefficient (Wildman–Crippen LogP) is 0.682. The van der Waals surface area contributed by atoms with Crippen LogP contribution in [0.4, 0.5) is 0 Å². The molecule has 0 saturated carbocycles. The molecule has 3 N–H and O–H groups in total. The summed E-state index contributed by atoms with van der Waals surface area (Å²) in [6, 6.07) is 3.43. The Kier molecular flexibility index (Phi) is 4.45. The highest BCUT2D eigenvalue weighted by atomic mass is 16.1. The molecule has 0 radical (unpaired) electrons. The number of primary amides is 1. The van der Waals surface area contributed by atoms with E-state index in [2.05, 4.69) is 20.3 Å². The number of azide groups is 1. The van der Waals surface area contributed by atoms with Gasteiger partial charge in [0.05, 0.1) is 0 Å². The summed E-state index contributed by atoms with van der Waals surface area (Å²) in [4.78, 5) is 18.0. The molecule has 7 heteroatoms. The molecule has 0 spiro atoms. The Morgan fingerprint density at radius 2 is 2.29 bits per heavy atom. The van der Waals surface area contributed by atoms with Crippen molar-refractivity contribution in [2.75, 3.05) is 13.1 Å². The molecule has 0 aliphatic carbocycles. The normalized spacial score (nSPS) is 13.5. The summed E-state index contributed by atoms with van der Waals surface area (Å²) >= 11 is 0. The maximum atomic E-state index is 11.5. The van der Waals surface area contributed by atoms with Gasteiger partial charge in [-0.05, 0) is 30.2 Å². The second-order valence-electron chi connectivity index (χ2n) is 3.61. The molecule has 0 bridgehead atoms. The molecule has 90 valence electrons. The predicted molar refractivity (Wildman–Crippen MR) is 62.8 cm³/mol. The Hall–Kier alpha value is -2.11. The third kappa shape index (κ3) is 3.17. The summed E-state index contributed by atoms with van der Waals surface area (Å²) in [7, 11) is 0. The number of nitrogens with two attached hydrogens (primary N) is 1. The van der Waals surface area contributed by atoms with Gasteiger partial charge in [0.25, 0.3) is 0 Å². The van der Waals surface area contributed by atoms with Crippen LogP contribution in [0.1, 0.15) is 12.5 Å². The Bertz CT molecular complexity index is 428. The first kappa shape index (κ1) is 13.0. The average Bonchev–Trinajstić information content (AvgIpc) is 2.35. The monoisotopic (exact) mass is 234 g/mol. The van der Waals surface area contributed by atoms with Gasteiger partial charge in [-0.3, -0.25) is 15.1 Å². The van der Waals surface area contributed by atoms with E-state index in [-0.39, 0.29) is 6.54 Å². The molecule has 0 aromatic carbocycles. The number of nitrogens with one attached hydrogen (secondary N) is 1. The van der Waals surface area contributed by atoms with Gasteiger partial charge in [-0.2, -0.15) is 0 Å². The summed E-state index contributed by atoms with van der Waals surface area (Å²) in [6.45, 7) is 2.30. The molecular weight excluding hydrogens is 220 g/mol. The first-order valence-electron chi connectivity index (χ1n) is 5.07. The number of carbonyl (C=O) groups excluding carboxylic acids is 1. The van der Waals surface area contributed by atoms with Gasteiger partial charge >= 0.3 is 0 Å². The molecule has 1 aromatic heterocycles. The van der Waals surface area contributed by atoms with Crippen molar-refractivity contribution in [2.24, 2.45) is 10.8 Å². The number of hydrogen-bond donors (Lipinski definition) is 2. The molecule has 1 unspecified atom stereocenters. The molecule has 1 rings (SSSR count). The van der Waals surface area contributed by atoms with Gasteiger partial charge in [-0.15, -0.1) is 0 Å². The van der Waals surface area contributed by atoms with Gasteiger partial charge in [0.2, 0.25) is 5.91 Å². The number of hydrogen-bond acceptors (Lipinski definition) is 4. The lowest BCUT2D eigenvalue weighted by Crippen LogP contribution is -2.51. The fraction of sp³-hybridized carbons (Fsp3) is 0.400. The summed E-state index contributed by atoms with van der Waals surface area (Å²) in [6.07, 6.45) is 3.18. The second-order valence-corrected chi connectivity index (χ2v) is 3.61. The molecule has 7 nitrogen and oxygen atoms in total. The number of nitrogens with zero attached hydrogens (tertiary/aromatic N) is 4. The van der Waals surface area contributed by atoms with Crippen molar-refractivity contribution in [1.82, 2.24) is 10.3 Å². The van der Waals surface area contributed by atoms with Crippen molar-refractivity contribution in [3.63, 3.8) is 0 Å². The molecule has 17 heavy (non-hydrogen) atoms. The van der Waals surface area contributed by atoms with Crippen molar-refractivity contribution in [2.45, 2.75) is 12.5 Å². The average molecular weight is 234 g/mol. The van der Waals surface area contributed by atoms with Crippen molar-refractivity contribution in [1.29, 1.82) is 0 Å². The lowest BCUT2D eigenvalue weighted by atomic mass is 9.92. The Morgan fingerprint density at radius 3 is 2.82 bits per heavy atom. The maximum absolute atomic E-state index is 11.5. The Labute approximate surface area is 98.7 Å². The van der Waals surface area contributed by atoms with Crippen LogP contribution in [0.25, 0.3) is 10.4 Å². The van der Waals surface area contributed by atoms with Crippen LogP contribution in [0.3, 0.4) is 0 Å². The number of rotatable bonds is 6. The lowest BCUT2D eigenvalue weighted by molar-refractivity contribution is -0.124. The van der Waals surface area contributed by atoms with Crippen LogP contribution in [0, 0.1) is 0 Å². The van der Waals surface area contributed by atoms with E-state index in [4.69, 9.17) is 11.3 Å². The molecule has 1 atom stereocenters. The van der Waals surface area contributed by atoms with E-state index >= 15 is 0 Å². The number of aromatic nitrogens is 1. The van der Waals surface area contributed by atoms with Crippen molar-refractivity contribution in [3.05, 3.63) is 40.5 Å². The van der Waals surface area contributed by atoms with E-state index < -0.39 is 11.4 Å². The van der Waals surface area contributed by atoms with Crippen molar-refractivity contribution < 1.29 is 4.79 Å². The molecule has 1 aromatic rings. The van der Waals surface area contributed by atoms with E-state index in [0.29, 0.717) is 6.54 Å². The highest BCUT2D eigenvalue weighted by Gasteiger charge is 2.32. The van der Waals surface area contributed by atoms with E-state index in [1.165, 1.54) is 0 Å². The van der Waals surface area contributed by atoms with E-state index in [0.717, 1.165) is 5.56 Å². The lowest BCUT2D eigenvalue weighted by Gasteiger charge is -2.27. The van der Waals surface area contributed by atoms with Gasteiger partial charge < -0.3 is 5.73 Å². The van der Waals surface area contributed by atoms with Crippen LogP contribution in [0.5, 0.6) is 0 Å². The third-order valence-electron chi connectivity index (χ3n) is 2.50. The van der Waals surface area contributed by atoms with Gasteiger partial charge in [-0.1, -0.05) is 5.11 Å². The largest absolute Gasteiger partial charge is 0.368 e. The van der Waals surface area contributed by atoms with Gasteiger partial charge in [0.1, 0.15) is 5.54 Å². The summed E-state index contributed by atoms with van der Waals surface area (Å²) < 4.78 is 0. The molecular formula is C10H14N6O. The van der Waals surface area contributed by atoms with Crippen LogP contribution in [-0.2, 0) is 10.3 Å². The topological polar surface area (TPSA) is 117 Å². The fourth-order valence-electron chi connectivity index (χ4n) is 1.42. The molecule has 1 amide bonds. The minimum atomic E-state index is -0.992. The summed E-state index contributed by atoms with van der Waals surface area (Å²) in [5, 5.41) is 6.36. The Balaban J connectivity index is 2.83. The number of carbonyl (C=O) groups is 1. The van der Waals surface area contributed by atoms with E-state index in [9.17, 15) is 4.79 Å². The van der Waals surface area contributed by atoms with Crippen LogP contribution in [0.15, 0.2) is 29.6 Å². The second kappa shape index (κ2) is 5.83. The zero-order valence-electron chi connectivity index (χ0n) is 9.50. The highest BCUT2D eigenvalue weighted by molar-refractivity contribution is 5.85. The standard InChI is InChI=1S/C10H14N6O/c1-10(9(11)17,14-6-7-15-16-12)8-2-4-13-5-3-8/h2-5,14H,6-7H2,1H3,(H2,11,17). The number of amides is 1. The quantitative estimate of drug-likeness (QED) is 0.326. The smallest absolute Gasteiger partial charge is 0.242 e. The zero-order chi connectivity index (χ0) is 12.7. The first-order valence-corrected chi connectivity index (χ1v) is 5.07. The van der Waals surface area contributed by atoms with Gasteiger partial charge in [0, 0.05) is 30.4 Å². The third-order valence-corrected chi connectivity index (χ3v) is 2.50. The van der Waals surface area contributed by atoms with Crippen molar-refractivity contribution in [3.8, 4) is 0 Å².